The average molecular weight is 420 g/mol. The predicted octanol–water partition coefficient (Wildman–Crippen LogP) is 4.86. The number of benzene rings is 1. The summed E-state index contributed by atoms with van der Waals surface area (Å²) in [5, 5.41) is 7.71. The van der Waals surface area contributed by atoms with Gasteiger partial charge in [-0.05, 0) is 43.7 Å². The number of halogens is 1. The van der Waals surface area contributed by atoms with Crippen molar-refractivity contribution in [1.29, 1.82) is 0 Å². The Kier molecular flexibility index (Phi) is 6.70. The van der Waals surface area contributed by atoms with Crippen LogP contribution in [0.15, 0.2) is 29.4 Å². The van der Waals surface area contributed by atoms with Crippen LogP contribution in [0.4, 0.5) is 9.80 Å². The van der Waals surface area contributed by atoms with Crippen LogP contribution >= 0.6 is 22.9 Å². The number of thiophene rings is 1. The molecular weight excluding hydrogens is 398 g/mol. The molecule has 0 saturated heterocycles. The lowest BCUT2D eigenvalue weighted by Gasteiger charge is -2.18. The maximum atomic E-state index is 12.5. The van der Waals surface area contributed by atoms with Crippen LogP contribution in [0.2, 0.25) is 5.02 Å². The van der Waals surface area contributed by atoms with Crippen LogP contribution in [0.3, 0.4) is 0 Å². The monoisotopic (exact) mass is 419 g/mol. The van der Waals surface area contributed by atoms with Crippen LogP contribution in [-0.2, 0) is 17.6 Å². The number of hydrogen-bond donors (Lipinski definition) is 2. The highest BCUT2D eigenvalue weighted by atomic mass is 35.5. The van der Waals surface area contributed by atoms with E-state index in [9.17, 15) is 9.59 Å². The van der Waals surface area contributed by atoms with Crippen molar-refractivity contribution in [3.05, 3.63) is 50.9 Å². The Balaban J connectivity index is 1.74. The van der Waals surface area contributed by atoms with Gasteiger partial charge in [0.1, 0.15) is 5.00 Å². The molecule has 2 aromatic rings. The van der Waals surface area contributed by atoms with E-state index in [0.29, 0.717) is 27.1 Å². The Morgan fingerprint density at radius 2 is 2.18 bits per heavy atom. The van der Waals surface area contributed by atoms with Gasteiger partial charge in [-0.3, -0.25) is 5.32 Å². The number of carbonyl (C=O) groups excluding carboxylic acids is 2. The average Bonchev–Trinajstić information content (AvgIpc) is 3.00. The molecule has 1 aliphatic rings. The number of hydrogen-bond acceptors (Lipinski definition) is 5. The second kappa shape index (κ2) is 9.21. The molecule has 0 saturated carbocycles. The second-order valence-electron chi connectivity index (χ2n) is 6.62. The second-order valence-corrected chi connectivity index (χ2v) is 8.13. The van der Waals surface area contributed by atoms with Gasteiger partial charge in [-0.15, -0.1) is 11.3 Å². The highest BCUT2D eigenvalue weighted by Gasteiger charge is 2.29. The first kappa shape index (κ1) is 20.4. The molecular formula is C20H22ClN3O3S. The largest absolute Gasteiger partial charge is 0.462 e. The molecule has 148 valence electrons. The molecule has 3 rings (SSSR count). The number of carbonyl (C=O) groups is 2. The minimum Gasteiger partial charge on any atom is -0.462 e. The summed E-state index contributed by atoms with van der Waals surface area (Å²) in [5.41, 5.74) is 4.57. The van der Waals surface area contributed by atoms with Gasteiger partial charge in [0.05, 0.1) is 18.4 Å². The number of fused-ring (bicyclic) bond motifs is 1. The third-order valence-electron chi connectivity index (χ3n) is 4.49. The Labute approximate surface area is 172 Å². The number of rotatable bonds is 5. The molecule has 8 heteroatoms. The number of hydrazone groups is 1. The molecule has 1 heterocycles. The normalized spacial score (nSPS) is 15.9. The molecule has 0 fully saturated rings. The van der Waals surface area contributed by atoms with Crippen molar-refractivity contribution in [2.45, 2.75) is 33.1 Å². The first-order chi connectivity index (χ1) is 13.5. The maximum Gasteiger partial charge on any atom is 0.341 e. The van der Waals surface area contributed by atoms with Gasteiger partial charge >= 0.3 is 12.0 Å². The lowest BCUT2D eigenvalue weighted by Crippen LogP contribution is -2.25. The zero-order valence-electron chi connectivity index (χ0n) is 15.8. The molecule has 1 aromatic heterocycles. The summed E-state index contributed by atoms with van der Waals surface area (Å²) in [6, 6.07) is 6.65. The quantitative estimate of drug-likeness (QED) is 0.412. The van der Waals surface area contributed by atoms with E-state index in [1.807, 2.05) is 12.1 Å². The van der Waals surface area contributed by atoms with Crippen molar-refractivity contribution in [2.75, 3.05) is 11.9 Å². The minimum absolute atomic E-state index is 0.285. The summed E-state index contributed by atoms with van der Waals surface area (Å²) in [6.07, 6.45) is 4.20. The van der Waals surface area contributed by atoms with Crippen molar-refractivity contribution in [3.8, 4) is 0 Å². The molecule has 6 nitrogen and oxygen atoms in total. The Hall–Kier alpha value is -2.38. The van der Waals surface area contributed by atoms with Crippen molar-refractivity contribution in [3.63, 3.8) is 0 Å². The van der Waals surface area contributed by atoms with E-state index in [1.165, 1.54) is 17.6 Å². The minimum atomic E-state index is -0.527. The van der Waals surface area contributed by atoms with Crippen molar-refractivity contribution >= 4 is 46.2 Å². The van der Waals surface area contributed by atoms with Gasteiger partial charge < -0.3 is 4.74 Å². The van der Waals surface area contributed by atoms with Crippen molar-refractivity contribution in [2.24, 2.45) is 11.0 Å². The number of nitrogens with zero attached hydrogens (tertiary/aromatic N) is 1. The van der Waals surface area contributed by atoms with Crippen LogP contribution in [-0.4, -0.2) is 24.8 Å². The van der Waals surface area contributed by atoms with Crippen LogP contribution < -0.4 is 10.7 Å². The maximum absolute atomic E-state index is 12.5. The summed E-state index contributed by atoms with van der Waals surface area (Å²) in [7, 11) is 0. The zero-order chi connectivity index (χ0) is 20.1. The standard InChI is InChI=1S/C20H22ClN3O3S/c1-3-27-19(25)17-14-9-8-12(2)10-16(14)28-18(17)23-20(26)24-22-11-13-6-4-5-7-15(13)21/h4-7,11-12H,3,8-10H2,1-2H3,(H2,23,24,26)/b22-11+. The topological polar surface area (TPSA) is 79.8 Å². The molecule has 0 bridgehead atoms. The molecule has 2 N–H and O–H groups in total. The Morgan fingerprint density at radius 3 is 2.93 bits per heavy atom. The van der Waals surface area contributed by atoms with Gasteiger partial charge in [-0.2, -0.15) is 5.10 Å². The number of urea groups is 1. The SMILES string of the molecule is CCOC(=O)c1c(NC(=O)N/N=C/c2ccccc2Cl)sc2c1CCC(C)C2. The lowest BCUT2D eigenvalue weighted by molar-refractivity contribution is 0.0526. The molecule has 1 atom stereocenters. The van der Waals surface area contributed by atoms with E-state index in [-0.39, 0.29) is 6.61 Å². The smallest absolute Gasteiger partial charge is 0.341 e. The highest BCUT2D eigenvalue weighted by molar-refractivity contribution is 7.17. The number of amides is 2. The van der Waals surface area contributed by atoms with Crippen LogP contribution in [0, 0.1) is 5.92 Å². The highest BCUT2D eigenvalue weighted by Crippen LogP contribution is 2.40. The van der Waals surface area contributed by atoms with E-state index in [4.69, 9.17) is 16.3 Å². The fraction of sp³-hybridized carbons (Fsp3) is 0.350. The first-order valence-corrected chi connectivity index (χ1v) is 10.3. The summed E-state index contributed by atoms with van der Waals surface area (Å²) in [5.74, 6) is 0.160. The summed E-state index contributed by atoms with van der Waals surface area (Å²) >= 11 is 7.49. The molecule has 1 aliphatic carbocycles. The van der Waals surface area contributed by atoms with Gasteiger partial charge in [0, 0.05) is 15.5 Å². The lowest BCUT2D eigenvalue weighted by atomic mass is 9.88. The number of esters is 1. The molecule has 0 spiro atoms. The van der Waals surface area contributed by atoms with Crippen LogP contribution in [0.1, 0.15) is 46.6 Å². The van der Waals surface area contributed by atoms with E-state index in [1.54, 1.807) is 19.1 Å². The van der Waals surface area contributed by atoms with Gasteiger partial charge in [0.15, 0.2) is 0 Å². The molecule has 0 radical (unpaired) electrons. The van der Waals surface area contributed by atoms with Gasteiger partial charge in [0.25, 0.3) is 0 Å². The molecule has 1 unspecified atom stereocenters. The van der Waals surface area contributed by atoms with E-state index in [2.05, 4.69) is 22.8 Å². The fourth-order valence-electron chi connectivity index (χ4n) is 3.13. The fourth-order valence-corrected chi connectivity index (χ4v) is 4.71. The number of ether oxygens (including phenoxy) is 1. The third kappa shape index (κ3) is 4.72. The Morgan fingerprint density at radius 1 is 1.39 bits per heavy atom. The van der Waals surface area contributed by atoms with Crippen molar-refractivity contribution in [1.82, 2.24) is 5.43 Å². The molecule has 1 aromatic carbocycles. The summed E-state index contributed by atoms with van der Waals surface area (Å²) in [6.45, 7) is 4.24. The molecule has 2 amide bonds. The Bertz CT molecular complexity index is 910. The van der Waals surface area contributed by atoms with E-state index in [0.717, 1.165) is 29.7 Å². The van der Waals surface area contributed by atoms with Gasteiger partial charge in [-0.1, -0.05) is 36.7 Å². The third-order valence-corrected chi connectivity index (χ3v) is 6.01. The van der Waals surface area contributed by atoms with Crippen LogP contribution in [0.5, 0.6) is 0 Å². The molecule has 28 heavy (non-hydrogen) atoms. The van der Waals surface area contributed by atoms with Crippen molar-refractivity contribution < 1.29 is 14.3 Å². The number of nitrogens with one attached hydrogen (secondary N) is 2. The summed E-state index contributed by atoms with van der Waals surface area (Å²) < 4.78 is 5.21. The first-order valence-electron chi connectivity index (χ1n) is 9.15. The zero-order valence-corrected chi connectivity index (χ0v) is 17.3. The van der Waals surface area contributed by atoms with Crippen LogP contribution in [0.25, 0.3) is 0 Å². The van der Waals surface area contributed by atoms with Gasteiger partial charge in [0.2, 0.25) is 0 Å². The number of anilines is 1. The molecule has 0 aliphatic heterocycles. The summed E-state index contributed by atoms with van der Waals surface area (Å²) in [4.78, 5) is 25.9. The predicted molar refractivity (Wildman–Crippen MR) is 113 cm³/mol. The van der Waals surface area contributed by atoms with E-state index < -0.39 is 12.0 Å². The van der Waals surface area contributed by atoms with E-state index >= 15 is 0 Å². The van der Waals surface area contributed by atoms with Gasteiger partial charge in [-0.25, -0.2) is 15.0 Å².